The van der Waals surface area contributed by atoms with E-state index in [2.05, 4.69) is 122 Å². The quantitative estimate of drug-likeness (QED) is 0.366. The highest BCUT2D eigenvalue weighted by atomic mass is 15.1. The van der Waals surface area contributed by atoms with Gasteiger partial charge in [0.15, 0.2) is 0 Å². The fraction of sp³-hybridized carbons (Fsp3) is 0.259. The summed E-state index contributed by atoms with van der Waals surface area (Å²) < 4.78 is 0. The van der Waals surface area contributed by atoms with Gasteiger partial charge in [0.1, 0.15) is 0 Å². The van der Waals surface area contributed by atoms with Crippen LogP contribution in [-0.4, -0.2) is 4.90 Å². The largest absolute Gasteiger partial charge is 0.284 e. The van der Waals surface area contributed by atoms with E-state index < -0.39 is 0 Å². The summed E-state index contributed by atoms with van der Waals surface area (Å²) >= 11 is 0. The summed E-state index contributed by atoms with van der Waals surface area (Å²) in [4.78, 5) is 2.57. The molecular weight excluding hydrogens is 338 g/mol. The SMILES string of the molecule is CCC(C)/C=C/[C@@H](c1ccccc1)N(Cc1ccccc1)Cc1ccccc1. The maximum atomic E-state index is 2.57. The molecule has 0 radical (unpaired) electrons. The third-order valence-electron chi connectivity index (χ3n) is 5.26. The molecule has 0 amide bonds. The fourth-order valence-corrected chi connectivity index (χ4v) is 3.41. The molecule has 28 heavy (non-hydrogen) atoms. The van der Waals surface area contributed by atoms with E-state index in [1.165, 1.54) is 16.7 Å². The van der Waals surface area contributed by atoms with E-state index in [4.69, 9.17) is 0 Å². The lowest BCUT2D eigenvalue weighted by atomic mass is 10.00. The number of hydrogen-bond acceptors (Lipinski definition) is 1. The molecular formula is C27H31N. The minimum Gasteiger partial charge on any atom is -0.284 e. The van der Waals surface area contributed by atoms with Gasteiger partial charge in [0, 0.05) is 13.1 Å². The van der Waals surface area contributed by atoms with Crippen LogP contribution in [0.5, 0.6) is 0 Å². The van der Waals surface area contributed by atoms with Crippen molar-refractivity contribution < 1.29 is 0 Å². The molecule has 144 valence electrons. The van der Waals surface area contributed by atoms with Gasteiger partial charge < -0.3 is 0 Å². The number of rotatable bonds is 9. The molecule has 3 aromatic carbocycles. The fourth-order valence-electron chi connectivity index (χ4n) is 3.41. The highest BCUT2D eigenvalue weighted by Gasteiger charge is 2.19. The molecule has 0 aliphatic heterocycles. The van der Waals surface area contributed by atoms with E-state index in [9.17, 15) is 0 Å². The topological polar surface area (TPSA) is 3.24 Å². The van der Waals surface area contributed by atoms with Gasteiger partial charge in [-0.05, 0) is 22.6 Å². The van der Waals surface area contributed by atoms with Crippen LogP contribution in [0.4, 0.5) is 0 Å². The first kappa shape index (κ1) is 20.1. The van der Waals surface area contributed by atoms with Crippen LogP contribution in [0.1, 0.15) is 43.0 Å². The Morgan fingerprint density at radius 3 is 1.61 bits per heavy atom. The monoisotopic (exact) mass is 369 g/mol. The molecule has 0 heterocycles. The normalized spacial score (nSPS) is 13.7. The summed E-state index contributed by atoms with van der Waals surface area (Å²) in [7, 11) is 0. The molecule has 2 atom stereocenters. The van der Waals surface area contributed by atoms with Crippen molar-refractivity contribution in [3.05, 3.63) is 120 Å². The molecule has 0 bridgehead atoms. The molecule has 1 heteroatoms. The Hall–Kier alpha value is -2.64. The van der Waals surface area contributed by atoms with Crippen LogP contribution >= 0.6 is 0 Å². The molecule has 0 aliphatic carbocycles. The van der Waals surface area contributed by atoms with Gasteiger partial charge in [-0.2, -0.15) is 0 Å². The van der Waals surface area contributed by atoms with Gasteiger partial charge >= 0.3 is 0 Å². The molecule has 0 fully saturated rings. The van der Waals surface area contributed by atoms with Crippen LogP contribution in [0, 0.1) is 5.92 Å². The summed E-state index contributed by atoms with van der Waals surface area (Å²) in [5.41, 5.74) is 4.03. The summed E-state index contributed by atoms with van der Waals surface area (Å²) in [5, 5.41) is 0. The van der Waals surface area contributed by atoms with Crippen LogP contribution in [-0.2, 0) is 13.1 Å². The molecule has 1 unspecified atom stereocenters. The molecule has 0 aliphatic rings. The van der Waals surface area contributed by atoms with Crippen LogP contribution in [0.2, 0.25) is 0 Å². The van der Waals surface area contributed by atoms with Crippen molar-refractivity contribution in [2.75, 3.05) is 0 Å². The Morgan fingerprint density at radius 2 is 1.14 bits per heavy atom. The van der Waals surface area contributed by atoms with Crippen LogP contribution < -0.4 is 0 Å². The van der Waals surface area contributed by atoms with E-state index in [1.807, 2.05) is 0 Å². The summed E-state index contributed by atoms with van der Waals surface area (Å²) in [5.74, 6) is 0.585. The van der Waals surface area contributed by atoms with Gasteiger partial charge in [-0.25, -0.2) is 0 Å². The van der Waals surface area contributed by atoms with Gasteiger partial charge in [-0.3, -0.25) is 4.90 Å². The van der Waals surface area contributed by atoms with Crippen molar-refractivity contribution >= 4 is 0 Å². The molecule has 1 nitrogen and oxygen atoms in total. The molecule has 0 saturated carbocycles. The minimum atomic E-state index is 0.246. The Morgan fingerprint density at radius 1 is 0.679 bits per heavy atom. The van der Waals surface area contributed by atoms with Gasteiger partial charge in [-0.15, -0.1) is 0 Å². The van der Waals surface area contributed by atoms with Crippen molar-refractivity contribution in [1.82, 2.24) is 4.90 Å². The third kappa shape index (κ3) is 5.94. The van der Waals surface area contributed by atoms with E-state index in [-0.39, 0.29) is 6.04 Å². The van der Waals surface area contributed by atoms with Crippen molar-refractivity contribution in [2.45, 2.75) is 39.4 Å². The maximum absolute atomic E-state index is 2.57. The summed E-state index contributed by atoms with van der Waals surface area (Å²) in [6.45, 7) is 6.37. The zero-order valence-corrected chi connectivity index (χ0v) is 17.0. The minimum absolute atomic E-state index is 0.246. The molecule has 0 aromatic heterocycles. The Labute approximate surface area is 170 Å². The lowest BCUT2D eigenvalue weighted by molar-refractivity contribution is 0.212. The number of allylic oxidation sites excluding steroid dienone is 1. The average molecular weight is 370 g/mol. The first-order valence-corrected chi connectivity index (χ1v) is 10.3. The standard InChI is InChI=1S/C27H31N/c1-3-23(2)19-20-27(26-17-11-6-12-18-26)28(21-24-13-7-4-8-14-24)22-25-15-9-5-10-16-25/h4-20,23,27H,3,21-22H2,1-2H3/b20-19+/t23?,27-/m0/s1. The Balaban J connectivity index is 1.95. The highest BCUT2D eigenvalue weighted by Crippen LogP contribution is 2.27. The molecule has 3 rings (SSSR count). The zero-order chi connectivity index (χ0) is 19.6. The summed E-state index contributed by atoms with van der Waals surface area (Å²) in [6.07, 6.45) is 5.94. The van der Waals surface area contributed by atoms with Crippen molar-refractivity contribution in [3.8, 4) is 0 Å². The van der Waals surface area contributed by atoms with Gasteiger partial charge in [-0.1, -0.05) is 123 Å². The van der Waals surface area contributed by atoms with Gasteiger partial charge in [0.05, 0.1) is 6.04 Å². The smallest absolute Gasteiger partial charge is 0.0538 e. The predicted molar refractivity (Wildman–Crippen MR) is 120 cm³/mol. The summed E-state index contributed by atoms with van der Waals surface area (Å²) in [6, 6.07) is 32.7. The van der Waals surface area contributed by atoms with Crippen molar-refractivity contribution in [2.24, 2.45) is 5.92 Å². The maximum Gasteiger partial charge on any atom is 0.0538 e. The number of nitrogens with zero attached hydrogens (tertiary/aromatic N) is 1. The van der Waals surface area contributed by atoms with Gasteiger partial charge in [0.2, 0.25) is 0 Å². The first-order chi connectivity index (χ1) is 13.8. The Kier molecular flexibility index (Phi) is 7.63. The highest BCUT2D eigenvalue weighted by molar-refractivity contribution is 5.26. The molecule has 0 spiro atoms. The van der Waals surface area contributed by atoms with E-state index >= 15 is 0 Å². The lowest BCUT2D eigenvalue weighted by Crippen LogP contribution is -2.27. The predicted octanol–water partition coefficient (Wildman–Crippen LogP) is 7.03. The number of hydrogen-bond donors (Lipinski definition) is 0. The molecule has 3 aromatic rings. The lowest BCUT2D eigenvalue weighted by Gasteiger charge is -2.31. The second kappa shape index (κ2) is 10.6. The third-order valence-corrected chi connectivity index (χ3v) is 5.26. The van der Waals surface area contributed by atoms with Crippen LogP contribution in [0.3, 0.4) is 0 Å². The number of benzene rings is 3. The van der Waals surface area contributed by atoms with E-state index in [0.717, 1.165) is 19.5 Å². The van der Waals surface area contributed by atoms with Gasteiger partial charge in [0.25, 0.3) is 0 Å². The molecule has 0 N–H and O–H groups in total. The molecule has 0 saturated heterocycles. The Bertz CT molecular complexity index is 782. The van der Waals surface area contributed by atoms with E-state index in [1.54, 1.807) is 0 Å². The second-order valence-corrected chi connectivity index (χ2v) is 7.50. The average Bonchev–Trinajstić information content (AvgIpc) is 2.76. The van der Waals surface area contributed by atoms with Crippen LogP contribution in [0.15, 0.2) is 103 Å². The first-order valence-electron chi connectivity index (χ1n) is 10.3. The van der Waals surface area contributed by atoms with Crippen molar-refractivity contribution in [1.29, 1.82) is 0 Å². The second-order valence-electron chi connectivity index (χ2n) is 7.50. The zero-order valence-electron chi connectivity index (χ0n) is 17.0. The van der Waals surface area contributed by atoms with Crippen LogP contribution in [0.25, 0.3) is 0 Å². The van der Waals surface area contributed by atoms with E-state index in [0.29, 0.717) is 5.92 Å². The van der Waals surface area contributed by atoms with Crippen molar-refractivity contribution in [3.63, 3.8) is 0 Å².